The number of hydrogen-bond acceptors (Lipinski definition) is 2. The van der Waals surface area contributed by atoms with Gasteiger partial charge in [-0.25, -0.2) is 0 Å². The Hall–Kier alpha value is -0.0800. The second-order valence-corrected chi connectivity index (χ2v) is 5.66. The Morgan fingerprint density at radius 2 is 2.00 bits per heavy atom. The maximum Gasteiger partial charge on any atom is 0.0558 e. The van der Waals surface area contributed by atoms with E-state index < -0.39 is 0 Å². The Morgan fingerprint density at radius 1 is 1.29 bits per heavy atom. The Bertz CT molecular complexity index is 178. The van der Waals surface area contributed by atoms with E-state index in [1.54, 1.807) is 0 Å². The molecular weight excluding hydrogens is 210 g/mol. The van der Waals surface area contributed by atoms with Crippen LogP contribution < -0.4 is 5.32 Å². The highest BCUT2D eigenvalue weighted by Gasteiger charge is 2.18. The number of ether oxygens (including phenoxy) is 1. The van der Waals surface area contributed by atoms with Crippen LogP contribution in [0.3, 0.4) is 0 Å². The maximum atomic E-state index is 5.39. The molecule has 0 aromatic carbocycles. The van der Waals surface area contributed by atoms with Gasteiger partial charge in [-0.3, -0.25) is 0 Å². The van der Waals surface area contributed by atoms with E-state index in [4.69, 9.17) is 4.74 Å². The Labute approximate surface area is 108 Å². The van der Waals surface area contributed by atoms with Gasteiger partial charge in [0.1, 0.15) is 0 Å². The normalized spacial score (nSPS) is 20.6. The monoisotopic (exact) mass is 241 g/mol. The highest BCUT2D eigenvalue weighted by molar-refractivity contribution is 4.74. The van der Waals surface area contributed by atoms with Crippen molar-refractivity contribution in [3.63, 3.8) is 0 Å². The molecule has 0 saturated heterocycles. The average Bonchev–Trinajstić information content (AvgIpc) is 2.85. The van der Waals surface area contributed by atoms with Gasteiger partial charge in [-0.2, -0.15) is 0 Å². The molecule has 0 spiro atoms. The Morgan fingerprint density at radius 3 is 2.59 bits per heavy atom. The first-order valence-corrected chi connectivity index (χ1v) is 7.52. The number of methoxy groups -OCH3 is 1. The molecule has 1 rings (SSSR count). The van der Waals surface area contributed by atoms with Gasteiger partial charge in [-0.15, -0.1) is 0 Å². The van der Waals surface area contributed by atoms with Crippen LogP contribution in [0, 0.1) is 5.92 Å². The molecule has 2 unspecified atom stereocenters. The zero-order chi connectivity index (χ0) is 12.5. The number of hydrogen-bond donors (Lipinski definition) is 1. The van der Waals surface area contributed by atoms with Crippen molar-refractivity contribution in [1.82, 2.24) is 5.32 Å². The summed E-state index contributed by atoms with van der Waals surface area (Å²) in [6.07, 6.45) is 11.4. The van der Waals surface area contributed by atoms with E-state index in [2.05, 4.69) is 19.2 Å². The van der Waals surface area contributed by atoms with Gasteiger partial charge in [0.15, 0.2) is 0 Å². The second-order valence-electron chi connectivity index (χ2n) is 5.66. The zero-order valence-corrected chi connectivity index (χ0v) is 12.0. The number of rotatable bonds is 9. The summed E-state index contributed by atoms with van der Waals surface area (Å²) in [5, 5.41) is 3.68. The van der Waals surface area contributed by atoms with Gasteiger partial charge in [-0.1, -0.05) is 32.6 Å². The van der Waals surface area contributed by atoms with Crippen LogP contribution in [0.25, 0.3) is 0 Å². The van der Waals surface area contributed by atoms with Crippen LogP contribution in [-0.2, 0) is 4.74 Å². The van der Waals surface area contributed by atoms with E-state index in [1.165, 1.54) is 44.9 Å². The molecule has 0 aliphatic heterocycles. The lowest BCUT2D eigenvalue weighted by molar-refractivity contribution is 0.0983. The van der Waals surface area contributed by atoms with Gasteiger partial charge in [-0.05, 0) is 45.1 Å². The molecule has 0 radical (unpaired) electrons. The lowest BCUT2D eigenvalue weighted by Gasteiger charge is -2.23. The van der Waals surface area contributed by atoms with Crippen molar-refractivity contribution in [1.29, 1.82) is 0 Å². The molecular formula is C15H31NO. The van der Waals surface area contributed by atoms with E-state index in [-0.39, 0.29) is 0 Å². The quantitative estimate of drug-likeness (QED) is 0.664. The molecule has 1 aliphatic rings. The van der Waals surface area contributed by atoms with Crippen LogP contribution in [0.1, 0.15) is 65.2 Å². The Balaban J connectivity index is 2.22. The fraction of sp³-hybridized carbons (Fsp3) is 1.00. The van der Waals surface area contributed by atoms with Gasteiger partial charge in [0, 0.05) is 13.2 Å². The van der Waals surface area contributed by atoms with Crippen LogP contribution in [0.2, 0.25) is 0 Å². The third kappa shape index (κ3) is 6.42. The van der Waals surface area contributed by atoms with Gasteiger partial charge < -0.3 is 10.1 Å². The van der Waals surface area contributed by atoms with E-state index in [9.17, 15) is 0 Å². The molecule has 0 bridgehead atoms. The van der Waals surface area contributed by atoms with E-state index in [0.29, 0.717) is 12.1 Å². The maximum absolute atomic E-state index is 5.39. The van der Waals surface area contributed by atoms with Crippen molar-refractivity contribution in [2.75, 3.05) is 13.7 Å². The highest BCUT2D eigenvalue weighted by atomic mass is 16.5. The lowest BCUT2D eigenvalue weighted by Crippen LogP contribution is -2.33. The van der Waals surface area contributed by atoms with Crippen molar-refractivity contribution in [2.24, 2.45) is 5.92 Å². The molecule has 17 heavy (non-hydrogen) atoms. The minimum absolute atomic E-state index is 0.382. The van der Waals surface area contributed by atoms with Gasteiger partial charge in [0.25, 0.3) is 0 Å². The third-order valence-corrected chi connectivity index (χ3v) is 4.10. The zero-order valence-electron chi connectivity index (χ0n) is 12.0. The summed E-state index contributed by atoms with van der Waals surface area (Å²) >= 11 is 0. The van der Waals surface area contributed by atoms with Crippen molar-refractivity contribution >= 4 is 0 Å². The molecule has 0 aromatic rings. The van der Waals surface area contributed by atoms with E-state index in [0.717, 1.165) is 18.9 Å². The summed E-state index contributed by atoms with van der Waals surface area (Å²) in [4.78, 5) is 0. The van der Waals surface area contributed by atoms with Crippen LogP contribution in [-0.4, -0.2) is 25.8 Å². The SMILES string of the molecule is CCCNC(CCC1CCCC1)CC(C)OC. The first-order valence-electron chi connectivity index (χ1n) is 7.52. The summed E-state index contributed by atoms with van der Waals surface area (Å²) < 4.78 is 5.39. The van der Waals surface area contributed by atoms with Crippen LogP contribution in [0.15, 0.2) is 0 Å². The summed E-state index contributed by atoms with van der Waals surface area (Å²) in [6.45, 7) is 5.56. The first-order chi connectivity index (χ1) is 8.26. The van der Waals surface area contributed by atoms with Crippen LogP contribution >= 0.6 is 0 Å². The van der Waals surface area contributed by atoms with Crippen molar-refractivity contribution in [3.05, 3.63) is 0 Å². The van der Waals surface area contributed by atoms with E-state index in [1.807, 2.05) is 7.11 Å². The molecule has 2 nitrogen and oxygen atoms in total. The predicted molar refractivity (Wildman–Crippen MR) is 74.4 cm³/mol. The molecule has 2 atom stereocenters. The largest absolute Gasteiger partial charge is 0.382 e. The highest BCUT2D eigenvalue weighted by Crippen LogP contribution is 2.29. The van der Waals surface area contributed by atoms with Crippen molar-refractivity contribution in [3.8, 4) is 0 Å². The molecule has 0 aromatic heterocycles. The molecule has 0 amide bonds. The molecule has 1 N–H and O–H groups in total. The standard InChI is InChI=1S/C15H31NO/c1-4-11-16-15(12-13(2)17-3)10-9-14-7-5-6-8-14/h13-16H,4-12H2,1-3H3. The third-order valence-electron chi connectivity index (χ3n) is 4.10. The molecule has 2 heteroatoms. The summed E-state index contributed by atoms with van der Waals surface area (Å²) in [5.41, 5.74) is 0. The topological polar surface area (TPSA) is 21.3 Å². The van der Waals surface area contributed by atoms with Crippen LogP contribution in [0.5, 0.6) is 0 Å². The Kier molecular flexibility index (Phi) is 7.87. The second kappa shape index (κ2) is 8.93. The van der Waals surface area contributed by atoms with Gasteiger partial charge >= 0.3 is 0 Å². The first kappa shape index (κ1) is 15.0. The molecule has 1 fully saturated rings. The summed E-state index contributed by atoms with van der Waals surface area (Å²) in [6, 6.07) is 0.658. The molecule has 1 saturated carbocycles. The smallest absolute Gasteiger partial charge is 0.0558 e. The van der Waals surface area contributed by atoms with Crippen LogP contribution in [0.4, 0.5) is 0 Å². The number of nitrogens with one attached hydrogen (secondary N) is 1. The predicted octanol–water partition coefficient (Wildman–Crippen LogP) is 3.75. The fourth-order valence-corrected chi connectivity index (χ4v) is 2.88. The van der Waals surface area contributed by atoms with Gasteiger partial charge in [0.05, 0.1) is 6.10 Å². The average molecular weight is 241 g/mol. The summed E-state index contributed by atoms with van der Waals surface area (Å²) in [5.74, 6) is 1.01. The minimum Gasteiger partial charge on any atom is -0.382 e. The van der Waals surface area contributed by atoms with E-state index >= 15 is 0 Å². The summed E-state index contributed by atoms with van der Waals surface area (Å²) in [7, 11) is 1.82. The molecule has 102 valence electrons. The molecule has 1 aliphatic carbocycles. The minimum atomic E-state index is 0.382. The van der Waals surface area contributed by atoms with Crippen molar-refractivity contribution in [2.45, 2.75) is 77.4 Å². The van der Waals surface area contributed by atoms with Crippen molar-refractivity contribution < 1.29 is 4.74 Å². The lowest BCUT2D eigenvalue weighted by atomic mass is 9.96. The molecule has 0 heterocycles. The van der Waals surface area contributed by atoms with Gasteiger partial charge in [0.2, 0.25) is 0 Å². The fourth-order valence-electron chi connectivity index (χ4n) is 2.88.